The van der Waals surface area contributed by atoms with Crippen LogP contribution in [0.4, 0.5) is 0 Å². The fourth-order valence-corrected chi connectivity index (χ4v) is 3.26. The van der Waals surface area contributed by atoms with Crippen LogP contribution in [0.25, 0.3) is 0 Å². The fraction of sp³-hybridized carbons (Fsp3) is 0.316. The molecule has 0 bridgehead atoms. The summed E-state index contributed by atoms with van der Waals surface area (Å²) in [4.78, 5) is 14.5. The summed E-state index contributed by atoms with van der Waals surface area (Å²) in [5.41, 5.74) is 6.40. The Hall–Kier alpha value is -1.56. The van der Waals surface area contributed by atoms with Crippen molar-refractivity contribution in [2.24, 2.45) is 11.7 Å². The van der Waals surface area contributed by atoms with Gasteiger partial charge in [-0.25, -0.2) is 0 Å². The van der Waals surface area contributed by atoms with Gasteiger partial charge in [-0.15, -0.1) is 12.4 Å². The Morgan fingerprint density at radius 1 is 1.12 bits per heavy atom. The molecule has 1 heterocycles. The Bertz CT molecular complexity index is 701. The summed E-state index contributed by atoms with van der Waals surface area (Å²) in [6, 6.07) is 15.0. The lowest BCUT2D eigenvalue weighted by Crippen LogP contribution is -2.40. The number of ether oxygens (including phenoxy) is 1. The predicted molar refractivity (Wildman–Crippen MR) is 106 cm³/mol. The second kappa shape index (κ2) is 9.22. The molecule has 1 fully saturated rings. The fourth-order valence-electron chi connectivity index (χ4n) is 2.89. The highest BCUT2D eigenvalue weighted by molar-refractivity contribution is 9.10. The lowest BCUT2D eigenvalue weighted by molar-refractivity contribution is 0.0693. The van der Waals surface area contributed by atoms with Crippen LogP contribution >= 0.6 is 28.3 Å². The highest BCUT2D eigenvalue weighted by Crippen LogP contribution is 2.25. The van der Waals surface area contributed by atoms with Crippen LogP contribution < -0.4 is 10.5 Å². The number of amides is 1. The van der Waals surface area contributed by atoms with Gasteiger partial charge in [-0.05, 0) is 67.8 Å². The Morgan fingerprint density at radius 2 is 1.80 bits per heavy atom. The Balaban J connectivity index is 0.00000225. The van der Waals surface area contributed by atoms with Crippen LogP contribution in [0.5, 0.6) is 11.5 Å². The molecule has 2 aromatic carbocycles. The van der Waals surface area contributed by atoms with Crippen LogP contribution in [0.2, 0.25) is 0 Å². The van der Waals surface area contributed by atoms with Crippen LogP contribution in [0.15, 0.2) is 53.0 Å². The summed E-state index contributed by atoms with van der Waals surface area (Å²) >= 11 is 3.42. The molecular weight excluding hydrogens is 404 g/mol. The minimum Gasteiger partial charge on any atom is -0.457 e. The number of nitrogens with zero attached hydrogens (tertiary/aromatic N) is 1. The first-order chi connectivity index (χ1) is 11.7. The molecule has 0 unspecified atom stereocenters. The molecule has 6 heteroatoms. The van der Waals surface area contributed by atoms with Gasteiger partial charge >= 0.3 is 0 Å². The molecule has 3 rings (SSSR count). The summed E-state index contributed by atoms with van der Waals surface area (Å²) in [5, 5.41) is 0. The van der Waals surface area contributed by atoms with Crippen molar-refractivity contribution in [3.8, 4) is 11.5 Å². The Labute approximate surface area is 162 Å². The molecule has 2 aromatic rings. The lowest BCUT2D eigenvalue weighted by Gasteiger charge is -2.31. The SMILES string of the molecule is Cl.NCC1CCN(C(=O)c2ccc(Oc3cccc(Br)c3)cc2)CC1. The van der Waals surface area contributed by atoms with E-state index in [-0.39, 0.29) is 18.3 Å². The van der Waals surface area contributed by atoms with Gasteiger partial charge in [0.1, 0.15) is 11.5 Å². The zero-order chi connectivity index (χ0) is 16.9. The van der Waals surface area contributed by atoms with Crippen LogP contribution in [0, 0.1) is 5.92 Å². The second-order valence-electron chi connectivity index (χ2n) is 6.06. The average Bonchev–Trinajstić information content (AvgIpc) is 2.62. The van der Waals surface area contributed by atoms with E-state index in [1.165, 1.54) is 0 Å². The van der Waals surface area contributed by atoms with Gasteiger partial charge in [0.05, 0.1) is 0 Å². The molecule has 0 aliphatic carbocycles. The van der Waals surface area contributed by atoms with Gasteiger partial charge in [-0.2, -0.15) is 0 Å². The van der Waals surface area contributed by atoms with Gasteiger partial charge in [0, 0.05) is 23.1 Å². The molecule has 134 valence electrons. The number of nitrogens with two attached hydrogens (primary N) is 1. The maximum atomic E-state index is 12.6. The van der Waals surface area contributed by atoms with Crippen molar-refractivity contribution >= 4 is 34.2 Å². The standard InChI is InChI=1S/C19H21BrN2O2.ClH/c20-16-2-1-3-18(12-16)24-17-6-4-15(5-7-17)19(23)22-10-8-14(13-21)9-11-22;/h1-7,12,14H,8-11,13,21H2;1H. The molecular formula is C19H22BrClN2O2. The summed E-state index contributed by atoms with van der Waals surface area (Å²) in [6.07, 6.45) is 1.98. The van der Waals surface area contributed by atoms with Gasteiger partial charge in [-0.3, -0.25) is 4.79 Å². The summed E-state index contributed by atoms with van der Waals surface area (Å²) in [7, 11) is 0. The van der Waals surface area contributed by atoms with Crippen molar-refractivity contribution in [2.75, 3.05) is 19.6 Å². The van der Waals surface area contributed by atoms with E-state index < -0.39 is 0 Å². The third kappa shape index (κ3) is 5.21. The van der Waals surface area contributed by atoms with E-state index >= 15 is 0 Å². The van der Waals surface area contributed by atoms with Crippen LogP contribution in [0.1, 0.15) is 23.2 Å². The minimum atomic E-state index is 0. The van der Waals surface area contributed by atoms with E-state index in [1.807, 2.05) is 53.4 Å². The molecule has 1 aliphatic heterocycles. The van der Waals surface area contributed by atoms with Gasteiger partial charge in [-0.1, -0.05) is 22.0 Å². The first-order valence-electron chi connectivity index (χ1n) is 8.18. The number of hydrogen-bond donors (Lipinski definition) is 1. The number of hydrogen-bond acceptors (Lipinski definition) is 3. The molecule has 2 N–H and O–H groups in total. The molecule has 4 nitrogen and oxygen atoms in total. The maximum Gasteiger partial charge on any atom is 0.253 e. The maximum absolute atomic E-state index is 12.6. The summed E-state index contributed by atoms with van der Waals surface area (Å²) < 4.78 is 6.76. The van der Waals surface area contributed by atoms with Crippen LogP contribution in [-0.2, 0) is 0 Å². The zero-order valence-electron chi connectivity index (χ0n) is 13.9. The smallest absolute Gasteiger partial charge is 0.253 e. The molecule has 1 aliphatic rings. The minimum absolute atomic E-state index is 0. The number of benzene rings is 2. The first kappa shape index (κ1) is 19.8. The highest BCUT2D eigenvalue weighted by Gasteiger charge is 2.22. The average molecular weight is 426 g/mol. The number of rotatable bonds is 4. The number of piperidine rings is 1. The van der Waals surface area contributed by atoms with Crippen molar-refractivity contribution < 1.29 is 9.53 Å². The van der Waals surface area contributed by atoms with Crippen LogP contribution in [0.3, 0.4) is 0 Å². The van der Waals surface area contributed by atoms with E-state index in [0.717, 1.165) is 36.2 Å². The number of halogens is 2. The van der Waals surface area contributed by atoms with E-state index in [4.69, 9.17) is 10.5 Å². The Kier molecular flexibility index (Phi) is 7.29. The first-order valence-corrected chi connectivity index (χ1v) is 8.98. The van der Waals surface area contributed by atoms with E-state index in [0.29, 0.717) is 23.8 Å². The summed E-state index contributed by atoms with van der Waals surface area (Å²) in [5.74, 6) is 2.10. The molecule has 0 spiro atoms. The topological polar surface area (TPSA) is 55.6 Å². The molecule has 1 amide bonds. The number of carbonyl (C=O) groups is 1. The van der Waals surface area contributed by atoms with Crippen molar-refractivity contribution in [1.29, 1.82) is 0 Å². The third-order valence-electron chi connectivity index (χ3n) is 4.37. The van der Waals surface area contributed by atoms with E-state index in [2.05, 4.69) is 15.9 Å². The zero-order valence-corrected chi connectivity index (χ0v) is 16.3. The molecule has 1 saturated heterocycles. The van der Waals surface area contributed by atoms with Crippen molar-refractivity contribution in [3.63, 3.8) is 0 Å². The molecule has 25 heavy (non-hydrogen) atoms. The molecule has 0 atom stereocenters. The lowest BCUT2D eigenvalue weighted by atomic mass is 9.96. The van der Waals surface area contributed by atoms with Gasteiger partial charge < -0.3 is 15.4 Å². The van der Waals surface area contributed by atoms with Gasteiger partial charge in [0.2, 0.25) is 0 Å². The summed E-state index contributed by atoms with van der Waals surface area (Å²) in [6.45, 7) is 2.29. The second-order valence-corrected chi connectivity index (χ2v) is 6.97. The predicted octanol–water partition coefficient (Wildman–Crippen LogP) is 4.47. The van der Waals surface area contributed by atoms with Crippen LogP contribution in [-0.4, -0.2) is 30.4 Å². The van der Waals surface area contributed by atoms with E-state index in [1.54, 1.807) is 0 Å². The highest BCUT2D eigenvalue weighted by atomic mass is 79.9. The number of likely N-dealkylation sites (tertiary alicyclic amines) is 1. The van der Waals surface area contributed by atoms with E-state index in [9.17, 15) is 4.79 Å². The van der Waals surface area contributed by atoms with Crippen molar-refractivity contribution in [2.45, 2.75) is 12.8 Å². The molecule has 0 radical (unpaired) electrons. The van der Waals surface area contributed by atoms with Gasteiger partial charge in [0.15, 0.2) is 0 Å². The Morgan fingerprint density at radius 3 is 2.40 bits per heavy atom. The normalized spacial score (nSPS) is 14.7. The quantitative estimate of drug-likeness (QED) is 0.786. The molecule has 0 saturated carbocycles. The monoisotopic (exact) mass is 424 g/mol. The van der Waals surface area contributed by atoms with Crippen molar-refractivity contribution in [3.05, 3.63) is 58.6 Å². The molecule has 0 aromatic heterocycles. The van der Waals surface area contributed by atoms with Crippen molar-refractivity contribution in [1.82, 2.24) is 4.90 Å². The number of carbonyl (C=O) groups excluding carboxylic acids is 1. The third-order valence-corrected chi connectivity index (χ3v) is 4.86. The van der Waals surface area contributed by atoms with Gasteiger partial charge in [0.25, 0.3) is 5.91 Å². The largest absolute Gasteiger partial charge is 0.457 e.